The predicted octanol–water partition coefficient (Wildman–Crippen LogP) is 3.16. The molecule has 3 rings (SSSR count). The molecule has 3 heterocycles. The van der Waals surface area contributed by atoms with E-state index in [0.717, 1.165) is 7.11 Å². The molecule has 2 N–H and O–H groups in total. The summed E-state index contributed by atoms with van der Waals surface area (Å²) < 4.78 is 74.6. The summed E-state index contributed by atoms with van der Waals surface area (Å²) in [5, 5.41) is 0.390. The van der Waals surface area contributed by atoms with Crippen molar-refractivity contribution in [2.24, 2.45) is 0 Å². The van der Waals surface area contributed by atoms with Crippen molar-refractivity contribution in [3.63, 3.8) is 0 Å². The highest BCUT2D eigenvalue weighted by molar-refractivity contribution is 7.93. The molecule has 0 atom stereocenters. The van der Waals surface area contributed by atoms with Gasteiger partial charge in [-0.25, -0.2) is 17.8 Å². The largest absolute Gasteiger partial charge is 0.479 e. The summed E-state index contributed by atoms with van der Waals surface area (Å²) >= 11 is 5.75. The minimum atomic E-state index is -4.23. The van der Waals surface area contributed by atoms with Crippen LogP contribution in [-0.2, 0) is 10.0 Å². The average Bonchev–Trinajstić information content (AvgIpc) is 3.00. The van der Waals surface area contributed by atoms with E-state index in [1.807, 2.05) is 0 Å². The van der Waals surface area contributed by atoms with Gasteiger partial charge in [0, 0.05) is 17.6 Å². The number of nitrogens with zero attached hydrogens (tertiary/aromatic N) is 2. The van der Waals surface area contributed by atoms with Gasteiger partial charge < -0.3 is 14.5 Å². The Balaban J connectivity index is 2.01. The molecular formula is C14H10ClF3N4O4S. The second-order valence-corrected chi connectivity index (χ2v) is 7.04. The van der Waals surface area contributed by atoms with E-state index in [1.165, 1.54) is 18.3 Å². The number of hydrogen-bond donors (Lipinski definition) is 2. The van der Waals surface area contributed by atoms with Crippen LogP contribution in [0.4, 0.5) is 18.9 Å². The zero-order valence-electron chi connectivity index (χ0n) is 13.3. The maximum Gasteiger partial charge on any atom is 0.388 e. The SMILES string of the molecule is COc1nc(OC(F)F)c(F)cc1NS(=O)(=O)c1c[nH]c2nc(Cl)ccc12. The van der Waals surface area contributed by atoms with Crippen molar-refractivity contribution in [3.8, 4) is 11.8 Å². The number of nitrogens with one attached hydrogen (secondary N) is 2. The number of sulfonamides is 1. The third-order valence-electron chi connectivity index (χ3n) is 3.30. The molecule has 0 amide bonds. The number of pyridine rings is 2. The third-order valence-corrected chi connectivity index (χ3v) is 4.92. The van der Waals surface area contributed by atoms with Crippen LogP contribution in [0.25, 0.3) is 11.0 Å². The minimum absolute atomic E-state index is 0.156. The van der Waals surface area contributed by atoms with Crippen molar-refractivity contribution in [1.29, 1.82) is 0 Å². The molecular weight excluding hydrogens is 413 g/mol. The van der Waals surface area contributed by atoms with Crippen molar-refractivity contribution >= 4 is 38.3 Å². The first-order valence-electron chi connectivity index (χ1n) is 7.07. The lowest BCUT2D eigenvalue weighted by atomic mass is 10.3. The second-order valence-electron chi connectivity index (χ2n) is 5.00. The maximum absolute atomic E-state index is 13.9. The molecule has 3 aromatic rings. The van der Waals surface area contributed by atoms with E-state index in [0.29, 0.717) is 6.07 Å². The lowest BCUT2D eigenvalue weighted by Gasteiger charge is -2.13. The Labute approximate surface area is 155 Å². The van der Waals surface area contributed by atoms with Crippen molar-refractivity contribution in [2.75, 3.05) is 11.8 Å². The summed E-state index contributed by atoms with van der Waals surface area (Å²) in [7, 11) is -3.14. The molecule has 8 nitrogen and oxygen atoms in total. The highest BCUT2D eigenvalue weighted by Gasteiger charge is 2.24. The molecule has 0 aliphatic heterocycles. The van der Waals surface area contributed by atoms with Gasteiger partial charge in [0.15, 0.2) is 5.82 Å². The number of fused-ring (bicyclic) bond motifs is 1. The van der Waals surface area contributed by atoms with Gasteiger partial charge in [-0.1, -0.05) is 11.6 Å². The standard InChI is InChI=1S/C14H10ClF3N4O4S/c1-25-13-8(4-7(16)12(21-13)26-14(17)18)22-27(23,24)9-5-19-11-6(9)2-3-10(15)20-11/h2-5,14,22H,1H3,(H,19,20). The summed E-state index contributed by atoms with van der Waals surface area (Å²) in [5.74, 6) is -2.80. The molecule has 0 aromatic carbocycles. The number of halogens is 4. The quantitative estimate of drug-likeness (QED) is 0.591. The summed E-state index contributed by atoms with van der Waals surface area (Å²) in [6, 6.07) is 3.45. The average molecular weight is 423 g/mol. The third kappa shape index (κ3) is 3.85. The first-order valence-corrected chi connectivity index (χ1v) is 8.93. The Kier molecular flexibility index (Phi) is 5.02. The van der Waals surface area contributed by atoms with Crippen LogP contribution in [0.1, 0.15) is 0 Å². The van der Waals surface area contributed by atoms with Gasteiger partial charge in [0.1, 0.15) is 21.4 Å². The monoisotopic (exact) mass is 422 g/mol. The second kappa shape index (κ2) is 7.12. The van der Waals surface area contributed by atoms with Gasteiger partial charge in [-0.2, -0.15) is 13.8 Å². The molecule has 13 heteroatoms. The van der Waals surface area contributed by atoms with Gasteiger partial charge in [0.05, 0.1) is 7.11 Å². The highest BCUT2D eigenvalue weighted by Crippen LogP contribution is 2.32. The molecule has 0 bridgehead atoms. The number of anilines is 1. The van der Waals surface area contributed by atoms with Crippen LogP contribution in [0.3, 0.4) is 0 Å². The van der Waals surface area contributed by atoms with Gasteiger partial charge in [0.25, 0.3) is 15.9 Å². The van der Waals surface area contributed by atoms with E-state index in [2.05, 4.69) is 24.4 Å². The number of methoxy groups -OCH3 is 1. The number of ether oxygens (including phenoxy) is 2. The minimum Gasteiger partial charge on any atom is -0.479 e. The number of H-pyrrole nitrogens is 1. The van der Waals surface area contributed by atoms with Crippen LogP contribution >= 0.6 is 11.6 Å². The summed E-state index contributed by atoms with van der Waals surface area (Å²) in [6.45, 7) is -3.32. The van der Waals surface area contributed by atoms with Gasteiger partial charge in [-0.3, -0.25) is 4.72 Å². The number of aromatic amines is 1. The molecule has 144 valence electrons. The fraction of sp³-hybridized carbons (Fsp3) is 0.143. The topological polar surface area (TPSA) is 106 Å². The van der Waals surface area contributed by atoms with Crippen molar-refractivity contribution in [1.82, 2.24) is 15.0 Å². The Bertz CT molecular complexity index is 1110. The van der Waals surface area contributed by atoms with E-state index in [4.69, 9.17) is 16.3 Å². The molecule has 0 spiro atoms. The maximum atomic E-state index is 13.9. The molecule has 27 heavy (non-hydrogen) atoms. The van der Waals surface area contributed by atoms with Gasteiger partial charge in [-0.15, -0.1) is 0 Å². The zero-order valence-corrected chi connectivity index (χ0v) is 14.9. The Morgan fingerprint density at radius 3 is 2.67 bits per heavy atom. The summed E-state index contributed by atoms with van der Waals surface area (Å²) in [4.78, 5) is 9.80. The number of alkyl halides is 2. The van der Waals surface area contributed by atoms with E-state index in [1.54, 1.807) is 0 Å². The van der Waals surface area contributed by atoms with Crippen LogP contribution in [-0.4, -0.2) is 37.1 Å². The van der Waals surface area contributed by atoms with E-state index in [-0.39, 0.29) is 21.1 Å². The first kappa shape index (κ1) is 19.0. The van der Waals surface area contributed by atoms with Crippen molar-refractivity contribution in [3.05, 3.63) is 35.4 Å². The molecule has 0 unspecified atom stereocenters. The molecule has 0 aliphatic rings. The van der Waals surface area contributed by atoms with E-state index < -0.39 is 39.9 Å². The normalized spacial score (nSPS) is 11.8. The first-order chi connectivity index (χ1) is 12.7. The molecule has 0 radical (unpaired) electrons. The van der Waals surface area contributed by atoms with Crippen molar-refractivity contribution < 1.29 is 31.1 Å². The van der Waals surface area contributed by atoms with Crippen LogP contribution in [0.5, 0.6) is 11.8 Å². The smallest absolute Gasteiger partial charge is 0.388 e. The molecule has 0 saturated heterocycles. The molecule has 3 aromatic heterocycles. The van der Waals surface area contributed by atoms with Crippen molar-refractivity contribution in [2.45, 2.75) is 11.5 Å². The Hall–Kier alpha value is -2.73. The molecule has 0 aliphatic carbocycles. The Morgan fingerprint density at radius 1 is 1.26 bits per heavy atom. The fourth-order valence-electron chi connectivity index (χ4n) is 2.23. The van der Waals surface area contributed by atoms with Gasteiger partial charge >= 0.3 is 6.61 Å². The van der Waals surface area contributed by atoms with Gasteiger partial charge in [-0.05, 0) is 12.1 Å². The summed E-state index contributed by atoms with van der Waals surface area (Å²) in [5.41, 5.74) is -0.187. The van der Waals surface area contributed by atoms with Crippen LogP contribution in [0.2, 0.25) is 5.15 Å². The highest BCUT2D eigenvalue weighted by atomic mass is 35.5. The number of hydrogen-bond acceptors (Lipinski definition) is 6. The van der Waals surface area contributed by atoms with Crippen LogP contribution in [0, 0.1) is 5.82 Å². The van der Waals surface area contributed by atoms with E-state index in [9.17, 15) is 21.6 Å². The number of aromatic nitrogens is 3. The number of rotatable bonds is 6. The van der Waals surface area contributed by atoms with Gasteiger partial charge in [0.2, 0.25) is 5.88 Å². The molecule has 0 saturated carbocycles. The predicted molar refractivity (Wildman–Crippen MR) is 89.3 cm³/mol. The lowest BCUT2D eigenvalue weighted by molar-refractivity contribution is -0.0555. The zero-order chi connectivity index (χ0) is 19.8. The Morgan fingerprint density at radius 2 is 2.00 bits per heavy atom. The van der Waals surface area contributed by atoms with E-state index >= 15 is 0 Å². The lowest BCUT2D eigenvalue weighted by Crippen LogP contribution is -2.15. The molecule has 0 fully saturated rings. The van der Waals surface area contributed by atoms with Crippen LogP contribution in [0.15, 0.2) is 29.3 Å². The fourth-order valence-corrected chi connectivity index (χ4v) is 3.59. The summed E-state index contributed by atoms with van der Waals surface area (Å²) in [6.07, 6.45) is 1.17. The van der Waals surface area contributed by atoms with Crippen LogP contribution < -0.4 is 14.2 Å².